The van der Waals surface area contributed by atoms with Crippen molar-refractivity contribution in [3.8, 4) is 0 Å². The van der Waals surface area contributed by atoms with Crippen LogP contribution in [0.1, 0.15) is 11.1 Å². The Balaban J connectivity index is 2.67. The van der Waals surface area contributed by atoms with Gasteiger partial charge < -0.3 is 0 Å². The zero-order valence-corrected chi connectivity index (χ0v) is 13.8. The van der Waals surface area contributed by atoms with Crippen LogP contribution in [-0.2, 0) is 4.79 Å². The van der Waals surface area contributed by atoms with Crippen LogP contribution >= 0.6 is 31.9 Å². The Bertz CT molecular complexity index is 639. The molecule has 0 spiro atoms. The van der Waals surface area contributed by atoms with E-state index in [0.29, 0.717) is 0 Å². The number of carbonyl (C=O) groups is 1. The van der Waals surface area contributed by atoms with Crippen LogP contribution in [0.5, 0.6) is 0 Å². The summed E-state index contributed by atoms with van der Waals surface area (Å²) in [7, 11) is 0. The molecule has 1 nitrogen and oxygen atoms in total. The van der Waals surface area contributed by atoms with E-state index in [4.69, 9.17) is 0 Å². The van der Waals surface area contributed by atoms with Crippen molar-refractivity contribution < 1.29 is 4.79 Å². The third-order valence-corrected chi connectivity index (χ3v) is 4.20. The molecule has 0 aliphatic carbocycles. The molecule has 0 unspecified atom stereocenters. The highest BCUT2D eigenvalue weighted by Gasteiger charge is 2.12. The highest BCUT2D eigenvalue weighted by molar-refractivity contribution is 9.10. The van der Waals surface area contributed by atoms with Crippen molar-refractivity contribution in [3.05, 3.63) is 87.3 Å². The van der Waals surface area contributed by atoms with Gasteiger partial charge in [0.15, 0.2) is 5.78 Å². The summed E-state index contributed by atoms with van der Waals surface area (Å²) in [6.45, 7) is 3.53. The molecule has 0 amide bonds. The standard InChI is InChI=1S/C17H12Br2O/c1-2-12(20)11-15(13-7-3-5-9-16(13)18)14-8-4-6-10-17(14)19/h2-11H,1H2. The molecule has 0 aliphatic rings. The fourth-order valence-corrected chi connectivity index (χ4v) is 2.86. The lowest BCUT2D eigenvalue weighted by Gasteiger charge is -2.12. The highest BCUT2D eigenvalue weighted by atomic mass is 79.9. The summed E-state index contributed by atoms with van der Waals surface area (Å²) < 4.78 is 1.89. The van der Waals surface area contributed by atoms with E-state index >= 15 is 0 Å². The first kappa shape index (κ1) is 14.9. The second-order valence-corrected chi connectivity index (χ2v) is 5.83. The smallest absolute Gasteiger partial charge is 0.178 e. The summed E-state index contributed by atoms with van der Waals surface area (Å²) in [5.74, 6) is -0.119. The number of allylic oxidation sites excluding steroid dienone is 2. The Labute approximate surface area is 135 Å². The molecule has 0 radical (unpaired) electrons. The van der Waals surface area contributed by atoms with Gasteiger partial charge in [0.05, 0.1) is 0 Å². The quantitative estimate of drug-likeness (QED) is 0.637. The van der Waals surface area contributed by atoms with E-state index in [0.717, 1.165) is 25.6 Å². The number of halogens is 2. The van der Waals surface area contributed by atoms with E-state index in [1.165, 1.54) is 6.08 Å². The fraction of sp³-hybridized carbons (Fsp3) is 0. The molecule has 0 N–H and O–H groups in total. The van der Waals surface area contributed by atoms with Crippen molar-refractivity contribution in [2.24, 2.45) is 0 Å². The molecule has 2 rings (SSSR count). The SMILES string of the molecule is C=CC(=O)C=C(c1ccccc1Br)c1ccccc1Br. The lowest BCUT2D eigenvalue weighted by Crippen LogP contribution is -1.95. The van der Waals surface area contributed by atoms with Crippen molar-refractivity contribution in [1.29, 1.82) is 0 Å². The van der Waals surface area contributed by atoms with Crippen LogP contribution in [0.15, 0.2) is 76.2 Å². The zero-order valence-electron chi connectivity index (χ0n) is 10.6. The molecule has 0 heterocycles. The molecule has 0 atom stereocenters. The third kappa shape index (κ3) is 3.35. The van der Waals surface area contributed by atoms with Gasteiger partial charge >= 0.3 is 0 Å². The number of hydrogen-bond acceptors (Lipinski definition) is 1. The van der Waals surface area contributed by atoms with E-state index in [2.05, 4.69) is 38.4 Å². The average Bonchev–Trinajstić information content (AvgIpc) is 2.46. The van der Waals surface area contributed by atoms with E-state index < -0.39 is 0 Å². The van der Waals surface area contributed by atoms with Gasteiger partial charge in [-0.05, 0) is 41.0 Å². The molecule has 2 aromatic rings. The first-order valence-electron chi connectivity index (χ1n) is 6.01. The van der Waals surface area contributed by atoms with Crippen LogP contribution < -0.4 is 0 Å². The lowest BCUT2D eigenvalue weighted by atomic mass is 9.96. The second kappa shape index (κ2) is 6.82. The summed E-state index contributed by atoms with van der Waals surface area (Å²) in [4.78, 5) is 11.8. The Morgan fingerprint density at radius 2 is 1.35 bits per heavy atom. The van der Waals surface area contributed by atoms with E-state index in [-0.39, 0.29) is 5.78 Å². The van der Waals surface area contributed by atoms with Gasteiger partial charge in [0.1, 0.15) is 0 Å². The van der Waals surface area contributed by atoms with Crippen LogP contribution in [-0.4, -0.2) is 5.78 Å². The molecule has 0 fully saturated rings. The summed E-state index contributed by atoms with van der Waals surface area (Å²) >= 11 is 7.07. The summed E-state index contributed by atoms with van der Waals surface area (Å²) in [5.41, 5.74) is 2.79. The summed E-state index contributed by atoms with van der Waals surface area (Å²) in [6.07, 6.45) is 2.92. The molecule has 0 bridgehead atoms. The topological polar surface area (TPSA) is 17.1 Å². The van der Waals surface area contributed by atoms with Gasteiger partial charge in [-0.2, -0.15) is 0 Å². The lowest BCUT2D eigenvalue weighted by molar-refractivity contribution is -0.110. The van der Waals surface area contributed by atoms with Gasteiger partial charge in [0.25, 0.3) is 0 Å². The van der Waals surface area contributed by atoms with Crippen molar-refractivity contribution in [2.45, 2.75) is 0 Å². The molecule has 0 aliphatic heterocycles. The van der Waals surface area contributed by atoms with Gasteiger partial charge in [0.2, 0.25) is 0 Å². The number of ketones is 1. The Hall–Kier alpha value is -1.45. The molecule has 20 heavy (non-hydrogen) atoms. The molecule has 2 aromatic carbocycles. The molecule has 0 saturated heterocycles. The van der Waals surface area contributed by atoms with Crippen LogP contribution in [0.4, 0.5) is 0 Å². The molecule has 100 valence electrons. The van der Waals surface area contributed by atoms with Crippen LogP contribution in [0.25, 0.3) is 5.57 Å². The van der Waals surface area contributed by atoms with E-state index in [1.54, 1.807) is 6.08 Å². The van der Waals surface area contributed by atoms with Crippen molar-refractivity contribution in [3.63, 3.8) is 0 Å². The van der Waals surface area contributed by atoms with Gasteiger partial charge in [-0.3, -0.25) is 4.79 Å². The maximum Gasteiger partial charge on any atom is 0.178 e. The Morgan fingerprint density at radius 1 is 0.900 bits per heavy atom. The second-order valence-electron chi connectivity index (χ2n) is 4.12. The molecular formula is C17H12Br2O. The van der Waals surface area contributed by atoms with E-state index in [9.17, 15) is 4.79 Å². The molecule has 0 aromatic heterocycles. The van der Waals surface area contributed by atoms with Gasteiger partial charge in [-0.1, -0.05) is 74.8 Å². The van der Waals surface area contributed by atoms with Crippen LogP contribution in [0.2, 0.25) is 0 Å². The minimum Gasteiger partial charge on any atom is -0.290 e. The maximum atomic E-state index is 11.8. The minimum atomic E-state index is -0.119. The zero-order chi connectivity index (χ0) is 14.5. The highest BCUT2D eigenvalue weighted by Crippen LogP contribution is 2.33. The minimum absolute atomic E-state index is 0.119. The van der Waals surface area contributed by atoms with Crippen molar-refractivity contribution >= 4 is 43.2 Å². The van der Waals surface area contributed by atoms with E-state index in [1.807, 2.05) is 48.5 Å². The summed E-state index contributed by atoms with van der Waals surface area (Å²) in [6, 6.07) is 15.7. The van der Waals surface area contributed by atoms with Crippen molar-refractivity contribution in [1.82, 2.24) is 0 Å². The summed E-state index contributed by atoms with van der Waals surface area (Å²) in [5, 5.41) is 0. The third-order valence-electron chi connectivity index (χ3n) is 2.82. The predicted octanol–water partition coefficient (Wildman–Crippen LogP) is 5.40. The first-order chi connectivity index (χ1) is 9.63. The van der Waals surface area contributed by atoms with Gasteiger partial charge in [-0.25, -0.2) is 0 Å². The first-order valence-corrected chi connectivity index (χ1v) is 7.60. The van der Waals surface area contributed by atoms with Gasteiger partial charge in [-0.15, -0.1) is 0 Å². The monoisotopic (exact) mass is 390 g/mol. The number of benzene rings is 2. The van der Waals surface area contributed by atoms with Gasteiger partial charge in [0, 0.05) is 8.95 Å². The Morgan fingerprint density at radius 3 is 1.75 bits per heavy atom. The normalized spacial score (nSPS) is 9.90. The maximum absolute atomic E-state index is 11.8. The van der Waals surface area contributed by atoms with Crippen molar-refractivity contribution in [2.75, 3.05) is 0 Å². The number of hydrogen-bond donors (Lipinski definition) is 0. The van der Waals surface area contributed by atoms with Crippen LogP contribution in [0.3, 0.4) is 0 Å². The van der Waals surface area contributed by atoms with Crippen LogP contribution in [0, 0.1) is 0 Å². The molecule has 3 heteroatoms. The average molecular weight is 392 g/mol. The molecular weight excluding hydrogens is 380 g/mol. The largest absolute Gasteiger partial charge is 0.290 e. The fourth-order valence-electron chi connectivity index (χ4n) is 1.86. The predicted molar refractivity (Wildman–Crippen MR) is 90.6 cm³/mol. The number of rotatable bonds is 4. The Kier molecular flexibility index (Phi) is 5.10. The number of carbonyl (C=O) groups excluding carboxylic acids is 1. The molecule has 0 saturated carbocycles.